The van der Waals surface area contributed by atoms with Gasteiger partial charge in [-0.15, -0.1) is 0 Å². The monoisotopic (exact) mass is 216 g/mol. The van der Waals surface area contributed by atoms with Crippen LogP contribution in [-0.2, 0) is 4.74 Å². The van der Waals surface area contributed by atoms with Crippen molar-refractivity contribution in [3.8, 4) is 0 Å². The zero-order chi connectivity index (χ0) is 9.99. The normalized spacial score (nSPS) is 16.2. The zero-order valence-corrected chi connectivity index (χ0v) is 6.09. The fourth-order valence-electron chi connectivity index (χ4n) is 0.241. The first-order valence-electron chi connectivity index (χ1n) is 2.52. The predicted molar refractivity (Wildman–Crippen MR) is 27.7 cm³/mol. The largest absolute Gasteiger partial charge is 0.412 e. The molecule has 8 heteroatoms. The van der Waals surface area contributed by atoms with Crippen LogP contribution in [0.2, 0.25) is 0 Å². The molecule has 1 nitrogen and oxygen atoms in total. The molecule has 0 radical (unpaired) electrons. The summed E-state index contributed by atoms with van der Waals surface area (Å²) < 4.78 is 71.8. The molecule has 0 spiro atoms. The number of rotatable bonds is 3. The van der Waals surface area contributed by atoms with Gasteiger partial charge < -0.3 is 4.74 Å². The maximum atomic E-state index is 11.8. The van der Waals surface area contributed by atoms with Crippen molar-refractivity contribution >= 4 is 11.6 Å². The molecular weight excluding hydrogens is 213 g/mol. The smallest absolute Gasteiger partial charge is 0.308 e. The van der Waals surface area contributed by atoms with Crippen molar-refractivity contribution in [2.75, 3.05) is 6.61 Å². The molecule has 0 aromatic rings. The molecule has 0 heterocycles. The first-order chi connectivity index (χ1) is 5.15. The molecule has 0 saturated carbocycles. The first-order valence-corrected chi connectivity index (χ1v) is 2.95. The first kappa shape index (κ1) is 11.8. The van der Waals surface area contributed by atoms with Crippen molar-refractivity contribution in [2.45, 2.75) is 17.9 Å². The maximum Gasteiger partial charge on any atom is 0.412 e. The van der Waals surface area contributed by atoms with Crippen LogP contribution in [0.15, 0.2) is 0 Å². The van der Waals surface area contributed by atoms with Crippen LogP contribution in [-0.4, -0.2) is 24.5 Å². The van der Waals surface area contributed by atoms with Gasteiger partial charge in [-0.2, -0.15) is 22.0 Å². The van der Waals surface area contributed by atoms with Crippen molar-refractivity contribution in [3.63, 3.8) is 0 Å². The second kappa shape index (κ2) is 3.69. The fourth-order valence-corrected chi connectivity index (χ4v) is 0.304. The summed E-state index contributed by atoms with van der Waals surface area (Å²) in [6.07, 6.45) is -9.55. The lowest BCUT2D eigenvalue weighted by atomic mass is 10.6. The summed E-state index contributed by atoms with van der Waals surface area (Å²) in [4.78, 5) is 0. The summed E-state index contributed by atoms with van der Waals surface area (Å²) in [7, 11) is 0. The van der Waals surface area contributed by atoms with Gasteiger partial charge in [0.1, 0.15) is 6.61 Å². The van der Waals surface area contributed by atoms with E-state index in [4.69, 9.17) is 0 Å². The van der Waals surface area contributed by atoms with Gasteiger partial charge in [0.2, 0.25) is 0 Å². The van der Waals surface area contributed by atoms with Gasteiger partial charge in [0.15, 0.2) is 0 Å². The Morgan fingerprint density at radius 2 is 1.58 bits per heavy atom. The van der Waals surface area contributed by atoms with E-state index >= 15 is 0 Å². The van der Waals surface area contributed by atoms with Gasteiger partial charge in [-0.1, -0.05) is 11.6 Å². The molecule has 0 aliphatic rings. The van der Waals surface area contributed by atoms with Crippen LogP contribution in [0, 0.1) is 0 Å². The Morgan fingerprint density at radius 3 is 1.83 bits per heavy atom. The molecule has 0 aromatic carbocycles. The van der Waals surface area contributed by atoms with Crippen LogP contribution < -0.4 is 0 Å². The third-order valence-electron chi connectivity index (χ3n) is 0.682. The van der Waals surface area contributed by atoms with E-state index in [9.17, 15) is 26.3 Å². The van der Waals surface area contributed by atoms with Gasteiger partial charge in [0.05, 0.1) is 0 Å². The van der Waals surface area contributed by atoms with E-state index < -0.39 is 24.5 Å². The van der Waals surface area contributed by atoms with E-state index in [0.29, 0.717) is 0 Å². The summed E-state index contributed by atoms with van der Waals surface area (Å²) >= 11 is 4.19. The highest BCUT2D eigenvalue weighted by Gasteiger charge is 2.44. The Labute approximate surface area is 68.2 Å². The van der Waals surface area contributed by atoms with Crippen LogP contribution >= 0.6 is 11.6 Å². The molecule has 74 valence electrons. The number of alkyl halides is 7. The summed E-state index contributed by atoms with van der Waals surface area (Å²) in [5, 5.41) is 0. The Kier molecular flexibility index (Phi) is 3.64. The minimum atomic E-state index is -4.94. The number of hydrogen-bond donors (Lipinski definition) is 0. The average Bonchev–Trinajstić information content (AvgIpc) is 1.82. The minimum Gasteiger partial charge on any atom is -0.308 e. The second-order valence-electron chi connectivity index (χ2n) is 1.77. The second-order valence-corrected chi connectivity index (χ2v) is 2.15. The minimum absolute atomic E-state index is 2.24. The molecule has 0 fully saturated rings. The van der Waals surface area contributed by atoms with E-state index in [1.807, 2.05) is 0 Å². The summed E-state index contributed by atoms with van der Waals surface area (Å²) in [6.45, 7) is -2.24. The van der Waals surface area contributed by atoms with Crippen molar-refractivity contribution < 1.29 is 31.1 Å². The molecule has 0 aliphatic heterocycles. The van der Waals surface area contributed by atoms with Crippen LogP contribution in [0.3, 0.4) is 0 Å². The maximum absolute atomic E-state index is 11.8. The zero-order valence-electron chi connectivity index (χ0n) is 5.34. The third-order valence-corrected chi connectivity index (χ3v) is 0.936. The van der Waals surface area contributed by atoms with E-state index in [1.165, 1.54) is 0 Å². The summed E-state index contributed by atoms with van der Waals surface area (Å²) in [6, 6.07) is 0. The van der Waals surface area contributed by atoms with Gasteiger partial charge in [-0.3, -0.25) is 0 Å². The molecular formula is C4H3ClF6O. The van der Waals surface area contributed by atoms with Gasteiger partial charge in [0.25, 0.3) is 5.63 Å². The quantitative estimate of drug-likeness (QED) is 0.521. The molecule has 0 aromatic heterocycles. The van der Waals surface area contributed by atoms with E-state index in [0.717, 1.165) is 0 Å². The lowest BCUT2D eigenvalue weighted by Crippen LogP contribution is -2.33. The number of ether oxygens (including phenoxy) is 1. The highest BCUT2D eigenvalue weighted by molar-refractivity contribution is 6.20. The van der Waals surface area contributed by atoms with E-state index in [-0.39, 0.29) is 0 Å². The van der Waals surface area contributed by atoms with Crippen LogP contribution in [0.4, 0.5) is 26.3 Å². The van der Waals surface area contributed by atoms with Gasteiger partial charge in [-0.25, -0.2) is 4.39 Å². The van der Waals surface area contributed by atoms with E-state index in [2.05, 4.69) is 16.3 Å². The molecule has 1 atom stereocenters. The topological polar surface area (TPSA) is 9.23 Å². The van der Waals surface area contributed by atoms with Gasteiger partial charge in [-0.05, 0) is 0 Å². The van der Waals surface area contributed by atoms with Crippen LogP contribution in [0.1, 0.15) is 0 Å². The molecule has 12 heavy (non-hydrogen) atoms. The Bertz CT molecular complexity index is 143. The Hall–Kier alpha value is -0.170. The molecule has 0 aliphatic carbocycles. The highest BCUT2D eigenvalue weighted by Crippen LogP contribution is 2.28. The molecule has 0 rings (SSSR count). The highest BCUT2D eigenvalue weighted by atomic mass is 35.5. The van der Waals surface area contributed by atoms with Crippen molar-refractivity contribution in [1.29, 1.82) is 0 Å². The molecule has 0 bridgehead atoms. The standard InChI is InChI=1S/C4H3ClF6O/c5-2(6)4(10,11)12-1-3(7,8)9/h2H,1H2/t2-/m0/s1. The Balaban J connectivity index is 3.93. The van der Waals surface area contributed by atoms with Crippen LogP contribution in [0.5, 0.6) is 0 Å². The van der Waals surface area contributed by atoms with Crippen molar-refractivity contribution in [1.82, 2.24) is 0 Å². The lowest BCUT2D eigenvalue weighted by Gasteiger charge is -2.17. The fraction of sp³-hybridized carbons (Fsp3) is 1.00. The summed E-state index contributed by atoms with van der Waals surface area (Å²) in [5.41, 5.74) is -3.29. The molecule has 0 amide bonds. The SMILES string of the molecule is F[C@H](Cl)C(F)(F)OCC(F)(F)F. The number of halogens is 7. The molecule has 0 N–H and O–H groups in total. The predicted octanol–water partition coefficient (Wildman–Crippen LogP) is 2.69. The van der Waals surface area contributed by atoms with Crippen molar-refractivity contribution in [2.24, 2.45) is 0 Å². The van der Waals surface area contributed by atoms with Gasteiger partial charge >= 0.3 is 12.3 Å². The van der Waals surface area contributed by atoms with Gasteiger partial charge in [0, 0.05) is 0 Å². The molecule has 0 unspecified atom stereocenters. The average molecular weight is 217 g/mol. The third kappa shape index (κ3) is 4.66. The van der Waals surface area contributed by atoms with Crippen LogP contribution in [0.25, 0.3) is 0 Å². The lowest BCUT2D eigenvalue weighted by molar-refractivity contribution is -0.299. The summed E-state index contributed by atoms with van der Waals surface area (Å²) in [5.74, 6) is 0. The number of hydrogen-bond acceptors (Lipinski definition) is 1. The Morgan fingerprint density at radius 1 is 1.17 bits per heavy atom. The van der Waals surface area contributed by atoms with Crippen molar-refractivity contribution in [3.05, 3.63) is 0 Å². The van der Waals surface area contributed by atoms with E-state index in [1.54, 1.807) is 0 Å². The molecule has 0 saturated heterocycles.